The van der Waals surface area contributed by atoms with Crippen LogP contribution >= 0.6 is 50.9 Å². The molecule has 0 saturated carbocycles. The largest absolute Gasteiger partial charge is 0.334 e. The molecular weight excluding hydrogens is 459 g/mol. The van der Waals surface area contributed by atoms with Gasteiger partial charge in [-0.25, -0.2) is 10.1 Å². The van der Waals surface area contributed by atoms with Crippen molar-refractivity contribution in [1.82, 2.24) is 14.9 Å². The second-order valence-corrected chi connectivity index (χ2v) is 7.75. The van der Waals surface area contributed by atoms with E-state index in [0.717, 1.165) is 15.8 Å². The normalized spacial score (nSPS) is 11.2. The first-order valence-electron chi connectivity index (χ1n) is 7.35. The third-order valence-corrected chi connectivity index (χ3v) is 5.61. The quantitative estimate of drug-likeness (QED) is 0.233. The Bertz CT molecular complexity index is 946. The number of nitrogens with two attached hydrogens (primary N) is 1. The number of halogens is 3. The van der Waals surface area contributed by atoms with Crippen LogP contribution < -0.4 is 11.3 Å². The molecule has 0 unspecified atom stereocenters. The molecular formula is C16H13BrCl2N6S. The fourth-order valence-corrected chi connectivity index (χ4v) is 3.61. The van der Waals surface area contributed by atoms with Crippen LogP contribution in [0.25, 0.3) is 0 Å². The van der Waals surface area contributed by atoms with Crippen molar-refractivity contribution in [3.8, 4) is 0 Å². The molecule has 3 aromatic rings. The lowest BCUT2D eigenvalue weighted by atomic mass is 10.2. The standard InChI is InChI=1S/C16H13BrCl2N6S/c17-12-5-1-3-10(7-12)9-26-16-24-23-15(25(16)20)22-21-8-11-4-2-6-13(18)14(11)19/h1-8H,9,20H2,(H,22,23)/b21-8+. The van der Waals surface area contributed by atoms with Gasteiger partial charge in [0.05, 0.1) is 16.3 Å². The molecule has 0 radical (unpaired) electrons. The summed E-state index contributed by atoms with van der Waals surface area (Å²) in [7, 11) is 0. The minimum atomic E-state index is 0.316. The van der Waals surface area contributed by atoms with Gasteiger partial charge in [0.15, 0.2) is 0 Å². The minimum absolute atomic E-state index is 0.316. The van der Waals surface area contributed by atoms with Crippen LogP contribution in [-0.4, -0.2) is 21.1 Å². The molecule has 2 aromatic carbocycles. The van der Waals surface area contributed by atoms with Crippen molar-refractivity contribution in [1.29, 1.82) is 0 Å². The summed E-state index contributed by atoms with van der Waals surface area (Å²) in [5, 5.41) is 13.6. The van der Waals surface area contributed by atoms with Gasteiger partial charge in [0.25, 0.3) is 5.95 Å². The Hall–Kier alpha value is -1.74. The first-order chi connectivity index (χ1) is 12.5. The van der Waals surface area contributed by atoms with Gasteiger partial charge in [-0.05, 0) is 23.8 Å². The third-order valence-electron chi connectivity index (χ3n) is 3.27. The Labute approximate surface area is 172 Å². The fourth-order valence-electron chi connectivity index (χ4n) is 2.01. The molecule has 6 nitrogen and oxygen atoms in total. The van der Waals surface area contributed by atoms with Crippen molar-refractivity contribution in [2.24, 2.45) is 5.10 Å². The van der Waals surface area contributed by atoms with Gasteiger partial charge in [-0.15, -0.1) is 10.2 Å². The van der Waals surface area contributed by atoms with Crippen molar-refractivity contribution in [3.05, 3.63) is 68.1 Å². The SMILES string of the molecule is Nn1c(N/N=C/c2cccc(Cl)c2Cl)nnc1SCc1cccc(Br)c1. The van der Waals surface area contributed by atoms with E-state index >= 15 is 0 Å². The molecule has 26 heavy (non-hydrogen) atoms. The summed E-state index contributed by atoms with van der Waals surface area (Å²) < 4.78 is 2.38. The Balaban J connectivity index is 1.63. The Morgan fingerprint density at radius 3 is 2.85 bits per heavy atom. The number of aromatic nitrogens is 3. The summed E-state index contributed by atoms with van der Waals surface area (Å²) in [6.07, 6.45) is 1.54. The summed E-state index contributed by atoms with van der Waals surface area (Å²) in [4.78, 5) is 0. The summed E-state index contributed by atoms with van der Waals surface area (Å²) in [6.45, 7) is 0. The number of anilines is 1. The van der Waals surface area contributed by atoms with Crippen molar-refractivity contribution in [2.45, 2.75) is 10.9 Å². The summed E-state index contributed by atoms with van der Waals surface area (Å²) in [6, 6.07) is 13.3. The molecule has 0 bridgehead atoms. The highest BCUT2D eigenvalue weighted by atomic mass is 79.9. The second-order valence-electron chi connectivity index (χ2n) is 5.11. The van der Waals surface area contributed by atoms with Gasteiger partial charge < -0.3 is 5.84 Å². The lowest BCUT2D eigenvalue weighted by molar-refractivity contribution is 0.847. The topological polar surface area (TPSA) is 81.1 Å². The van der Waals surface area contributed by atoms with Gasteiger partial charge >= 0.3 is 0 Å². The number of rotatable bonds is 6. The van der Waals surface area contributed by atoms with Gasteiger partial charge in [-0.2, -0.15) is 5.10 Å². The van der Waals surface area contributed by atoms with Gasteiger partial charge in [0.1, 0.15) is 0 Å². The van der Waals surface area contributed by atoms with Crippen molar-refractivity contribution in [3.63, 3.8) is 0 Å². The molecule has 1 heterocycles. The van der Waals surface area contributed by atoms with Crippen LogP contribution in [0, 0.1) is 0 Å². The van der Waals surface area contributed by atoms with E-state index in [2.05, 4.69) is 36.7 Å². The maximum atomic E-state index is 6.11. The van der Waals surface area contributed by atoms with E-state index < -0.39 is 0 Å². The van der Waals surface area contributed by atoms with E-state index in [0.29, 0.717) is 26.7 Å². The summed E-state index contributed by atoms with van der Waals surface area (Å²) >= 11 is 17.0. The molecule has 0 amide bonds. The smallest absolute Gasteiger partial charge is 0.264 e. The maximum absolute atomic E-state index is 6.11. The zero-order valence-electron chi connectivity index (χ0n) is 13.2. The minimum Gasteiger partial charge on any atom is -0.334 e. The molecule has 0 fully saturated rings. The summed E-state index contributed by atoms with van der Waals surface area (Å²) in [5.41, 5.74) is 4.58. The van der Waals surface area contributed by atoms with Crippen LogP contribution in [0.1, 0.15) is 11.1 Å². The Kier molecular flexibility index (Phi) is 6.42. The van der Waals surface area contributed by atoms with E-state index in [1.165, 1.54) is 22.7 Å². The van der Waals surface area contributed by atoms with Gasteiger partial charge in [-0.3, -0.25) is 0 Å². The predicted molar refractivity (Wildman–Crippen MR) is 112 cm³/mol. The molecule has 3 N–H and O–H groups in total. The molecule has 0 spiro atoms. The van der Waals surface area contributed by atoms with Crippen LogP contribution in [0.3, 0.4) is 0 Å². The molecule has 134 valence electrons. The number of hydrazone groups is 1. The van der Waals surface area contributed by atoms with E-state index in [4.69, 9.17) is 29.0 Å². The molecule has 0 aliphatic heterocycles. The average Bonchev–Trinajstić information content (AvgIpc) is 2.97. The van der Waals surface area contributed by atoms with Gasteiger partial charge in [0.2, 0.25) is 5.16 Å². The molecule has 0 atom stereocenters. The van der Waals surface area contributed by atoms with E-state index in [9.17, 15) is 0 Å². The molecule has 0 saturated heterocycles. The number of nitrogen functional groups attached to an aromatic ring is 1. The number of hydrogen-bond acceptors (Lipinski definition) is 6. The van der Waals surface area contributed by atoms with Crippen LogP contribution in [0.15, 0.2) is 57.2 Å². The monoisotopic (exact) mass is 470 g/mol. The Morgan fingerprint density at radius 1 is 1.23 bits per heavy atom. The lowest BCUT2D eigenvalue weighted by Crippen LogP contribution is -2.13. The summed E-state index contributed by atoms with van der Waals surface area (Å²) in [5.74, 6) is 7.04. The average molecular weight is 472 g/mol. The van der Waals surface area contributed by atoms with E-state index in [-0.39, 0.29) is 0 Å². The second kappa shape index (κ2) is 8.77. The molecule has 0 aliphatic rings. The van der Waals surface area contributed by atoms with Gasteiger partial charge in [0, 0.05) is 15.8 Å². The molecule has 1 aromatic heterocycles. The van der Waals surface area contributed by atoms with Gasteiger partial charge in [-0.1, -0.05) is 75.2 Å². The third kappa shape index (κ3) is 4.70. The number of hydrogen-bond donors (Lipinski definition) is 2. The first kappa shape index (κ1) is 19.0. The van der Waals surface area contributed by atoms with Crippen molar-refractivity contribution < 1.29 is 0 Å². The van der Waals surface area contributed by atoms with E-state index in [1.807, 2.05) is 24.3 Å². The fraction of sp³-hybridized carbons (Fsp3) is 0.0625. The highest BCUT2D eigenvalue weighted by molar-refractivity contribution is 9.10. The first-order valence-corrected chi connectivity index (χ1v) is 9.89. The number of nitrogens with zero attached hydrogens (tertiary/aromatic N) is 4. The molecule has 3 rings (SSSR count). The highest BCUT2D eigenvalue weighted by Gasteiger charge is 2.10. The number of nitrogens with one attached hydrogen (secondary N) is 1. The van der Waals surface area contributed by atoms with Crippen LogP contribution in [0.4, 0.5) is 5.95 Å². The zero-order chi connectivity index (χ0) is 18.5. The lowest BCUT2D eigenvalue weighted by Gasteiger charge is -2.04. The highest BCUT2D eigenvalue weighted by Crippen LogP contribution is 2.25. The van der Waals surface area contributed by atoms with Crippen LogP contribution in [0.5, 0.6) is 0 Å². The maximum Gasteiger partial charge on any atom is 0.264 e. The van der Waals surface area contributed by atoms with E-state index in [1.54, 1.807) is 18.2 Å². The molecule has 0 aliphatic carbocycles. The number of thioether (sulfide) groups is 1. The number of benzene rings is 2. The van der Waals surface area contributed by atoms with Crippen molar-refractivity contribution in [2.75, 3.05) is 11.3 Å². The van der Waals surface area contributed by atoms with Crippen LogP contribution in [0.2, 0.25) is 10.0 Å². The molecule has 10 heteroatoms. The zero-order valence-corrected chi connectivity index (χ0v) is 17.1. The Morgan fingerprint density at radius 2 is 2.04 bits per heavy atom. The van der Waals surface area contributed by atoms with Crippen LogP contribution in [-0.2, 0) is 5.75 Å². The predicted octanol–water partition coefficient (Wildman–Crippen LogP) is 4.80. The van der Waals surface area contributed by atoms with Crippen molar-refractivity contribution >= 4 is 63.1 Å².